The molecular formula is C43H27N3O. The summed E-state index contributed by atoms with van der Waals surface area (Å²) in [5, 5.41) is 4.62. The molecule has 0 saturated carbocycles. The Hall–Kier alpha value is -6.39. The van der Waals surface area contributed by atoms with Crippen LogP contribution < -0.4 is 0 Å². The maximum absolute atomic E-state index is 6.43. The van der Waals surface area contributed by atoms with Gasteiger partial charge in [-0.25, -0.2) is 9.97 Å². The summed E-state index contributed by atoms with van der Waals surface area (Å²) < 4.78 is 6.43. The van der Waals surface area contributed by atoms with Crippen molar-refractivity contribution in [3.05, 3.63) is 164 Å². The van der Waals surface area contributed by atoms with Crippen LogP contribution in [0.3, 0.4) is 0 Å². The second-order valence-corrected chi connectivity index (χ2v) is 11.7. The van der Waals surface area contributed by atoms with Crippen LogP contribution in [0.4, 0.5) is 0 Å². The minimum absolute atomic E-state index is 0.655. The van der Waals surface area contributed by atoms with E-state index in [1.165, 1.54) is 16.3 Å². The molecule has 0 amide bonds. The number of nitrogens with zero attached hydrogens (tertiary/aromatic N) is 3. The van der Waals surface area contributed by atoms with Crippen molar-refractivity contribution in [1.29, 1.82) is 0 Å². The summed E-state index contributed by atoms with van der Waals surface area (Å²) in [6.45, 7) is 0. The van der Waals surface area contributed by atoms with Gasteiger partial charge in [-0.2, -0.15) is 0 Å². The second-order valence-electron chi connectivity index (χ2n) is 11.7. The Bertz CT molecular complexity index is 2570. The van der Waals surface area contributed by atoms with Crippen molar-refractivity contribution in [2.45, 2.75) is 0 Å². The zero-order valence-electron chi connectivity index (χ0n) is 25.3. The standard InChI is InChI=1S/C43H27N3O/c1-2-9-31-24-33(22-19-28(31)8-1)29-17-20-30(21-18-29)43-45-39(34-11-5-10-32(25-34)35-12-7-23-44-27-35)26-40(46-43)38-15-6-14-37-36-13-3-4-16-41(36)47-42(37)38/h1-27H. The molecule has 0 aliphatic carbocycles. The molecule has 0 atom stereocenters. The monoisotopic (exact) mass is 601 g/mol. The molecule has 0 aliphatic rings. The first-order chi connectivity index (χ1) is 23.3. The molecule has 0 spiro atoms. The third-order valence-electron chi connectivity index (χ3n) is 8.79. The van der Waals surface area contributed by atoms with Gasteiger partial charge in [-0.15, -0.1) is 0 Å². The molecule has 0 radical (unpaired) electrons. The van der Waals surface area contributed by atoms with Crippen LogP contribution in [0.25, 0.3) is 88.9 Å². The molecule has 47 heavy (non-hydrogen) atoms. The van der Waals surface area contributed by atoms with E-state index in [-0.39, 0.29) is 0 Å². The Morgan fingerprint density at radius 1 is 0.426 bits per heavy atom. The maximum atomic E-state index is 6.43. The third-order valence-corrected chi connectivity index (χ3v) is 8.79. The number of pyridine rings is 1. The Kier molecular flexibility index (Phi) is 6.43. The number of hydrogen-bond acceptors (Lipinski definition) is 4. The van der Waals surface area contributed by atoms with Gasteiger partial charge in [0.2, 0.25) is 0 Å². The van der Waals surface area contributed by atoms with Crippen molar-refractivity contribution in [1.82, 2.24) is 15.0 Å². The lowest BCUT2D eigenvalue weighted by molar-refractivity contribution is 0.670. The first kappa shape index (κ1) is 27.0. The van der Waals surface area contributed by atoms with Crippen LogP contribution in [-0.4, -0.2) is 15.0 Å². The number of fused-ring (bicyclic) bond motifs is 4. The molecule has 3 aromatic heterocycles. The molecule has 0 unspecified atom stereocenters. The molecule has 9 aromatic rings. The van der Waals surface area contributed by atoms with Gasteiger partial charge in [-0.3, -0.25) is 4.98 Å². The van der Waals surface area contributed by atoms with E-state index in [2.05, 4.69) is 132 Å². The molecule has 0 saturated heterocycles. The molecule has 220 valence electrons. The smallest absolute Gasteiger partial charge is 0.160 e. The normalized spacial score (nSPS) is 11.4. The quantitative estimate of drug-likeness (QED) is 0.197. The second kappa shape index (κ2) is 11.2. The van der Waals surface area contributed by atoms with Crippen molar-refractivity contribution >= 4 is 32.7 Å². The summed E-state index contributed by atoms with van der Waals surface area (Å²) in [4.78, 5) is 14.6. The number of rotatable bonds is 5. The maximum Gasteiger partial charge on any atom is 0.160 e. The SMILES string of the molecule is c1cncc(-c2cccc(-c3cc(-c4cccc5c4oc4ccccc45)nc(-c4ccc(-c5ccc6ccccc6c5)cc4)n3)c2)c1. The highest BCUT2D eigenvalue weighted by Gasteiger charge is 2.17. The van der Waals surface area contributed by atoms with E-state index in [0.29, 0.717) is 5.82 Å². The van der Waals surface area contributed by atoms with Crippen LogP contribution in [0.1, 0.15) is 0 Å². The highest BCUT2D eigenvalue weighted by atomic mass is 16.3. The Morgan fingerprint density at radius 2 is 1.13 bits per heavy atom. The minimum Gasteiger partial charge on any atom is -0.455 e. The van der Waals surface area contributed by atoms with Gasteiger partial charge in [-0.05, 0) is 63.9 Å². The van der Waals surface area contributed by atoms with E-state index >= 15 is 0 Å². The lowest BCUT2D eigenvalue weighted by atomic mass is 9.99. The van der Waals surface area contributed by atoms with Gasteiger partial charge >= 0.3 is 0 Å². The molecule has 3 heterocycles. The fraction of sp³-hybridized carbons (Fsp3) is 0. The van der Waals surface area contributed by atoms with Gasteiger partial charge in [0.05, 0.1) is 11.4 Å². The largest absolute Gasteiger partial charge is 0.455 e. The van der Waals surface area contributed by atoms with E-state index < -0.39 is 0 Å². The van der Waals surface area contributed by atoms with E-state index in [1.54, 1.807) is 6.20 Å². The summed E-state index contributed by atoms with van der Waals surface area (Å²) in [5.41, 5.74) is 10.7. The molecule has 4 nitrogen and oxygen atoms in total. The van der Waals surface area contributed by atoms with Gasteiger partial charge in [0.15, 0.2) is 5.82 Å². The predicted octanol–water partition coefficient (Wildman–Crippen LogP) is 11.3. The molecule has 6 aromatic carbocycles. The minimum atomic E-state index is 0.655. The lowest BCUT2D eigenvalue weighted by Crippen LogP contribution is -1.96. The highest BCUT2D eigenvalue weighted by molar-refractivity contribution is 6.09. The van der Waals surface area contributed by atoms with Crippen molar-refractivity contribution in [3.8, 4) is 56.2 Å². The van der Waals surface area contributed by atoms with Crippen LogP contribution in [0.2, 0.25) is 0 Å². The molecule has 9 rings (SSSR count). The van der Waals surface area contributed by atoms with Gasteiger partial charge < -0.3 is 4.42 Å². The van der Waals surface area contributed by atoms with Crippen molar-refractivity contribution in [2.75, 3.05) is 0 Å². The topological polar surface area (TPSA) is 51.8 Å². The number of aromatic nitrogens is 3. The average Bonchev–Trinajstić information content (AvgIpc) is 3.54. The fourth-order valence-corrected chi connectivity index (χ4v) is 6.38. The first-order valence-electron chi connectivity index (χ1n) is 15.7. The fourth-order valence-electron chi connectivity index (χ4n) is 6.38. The van der Waals surface area contributed by atoms with Crippen LogP contribution in [0.5, 0.6) is 0 Å². The summed E-state index contributed by atoms with van der Waals surface area (Å²) in [7, 11) is 0. The number of hydrogen-bond donors (Lipinski definition) is 0. The summed E-state index contributed by atoms with van der Waals surface area (Å²) >= 11 is 0. The molecule has 4 heteroatoms. The zero-order chi connectivity index (χ0) is 31.2. The number of benzene rings is 6. The average molecular weight is 602 g/mol. The van der Waals surface area contributed by atoms with Crippen molar-refractivity contribution < 1.29 is 4.42 Å². The van der Waals surface area contributed by atoms with E-state index in [4.69, 9.17) is 14.4 Å². The Labute approximate surface area is 271 Å². The van der Waals surface area contributed by atoms with E-state index in [1.807, 2.05) is 30.5 Å². The van der Waals surface area contributed by atoms with Gasteiger partial charge in [0.25, 0.3) is 0 Å². The van der Waals surface area contributed by atoms with Crippen molar-refractivity contribution in [3.63, 3.8) is 0 Å². The molecule has 0 aliphatic heterocycles. The zero-order valence-corrected chi connectivity index (χ0v) is 25.3. The third kappa shape index (κ3) is 4.93. The van der Waals surface area contributed by atoms with Gasteiger partial charge in [-0.1, -0.05) is 115 Å². The first-order valence-corrected chi connectivity index (χ1v) is 15.7. The van der Waals surface area contributed by atoms with Crippen LogP contribution in [0.15, 0.2) is 168 Å². The highest BCUT2D eigenvalue weighted by Crippen LogP contribution is 2.37. The lowest BCUT2D eigenvalue weighted by Gasteiger charge is -2.11. The summed E-state index contributed by atoms with van der Waals surface area (Å²) in [5.74, 6) is 0.655. The summed E-state index contributed by atoms with van der Waals surface area (Å²) in [6, 6.07) is 52.5. The summed E-state index contributed by atoms with van der Waals surface area (Å²) in [6.07, 6.45) is 3.68. The Morgan fingerprint density at radius 3 is 2.02 bits per heavy atom. The van der Waals surface area contributed by atoms with Crippen LogP contribution in [0, 0.1) is 0 Å². The molecule has 0 N–H and O–H groups in total. The van der Waals surface area contributed by atoms with Gasteiger partial charge in [0, 0.05) is 45.4 Å². The van der Waals surface area contributed by atoms with Crippen molar-refractivity contribution in [2.24, 2.45) is 0 Å². The van der Waals surface area contributed by atoms with Crippen LogP contribution in [-0.2, 0) is 0 Å². The van der Waals surface area contributed by atoms with Gasteiger partial charge in [0.1, 0.15) is 11.2 Å². The number of para-hydroxylation sites is 2. The van der Waals surface area contributed by atoms with E-state index in [0.717, 1.165) is 66.7 Å². The molecule has 0 fully saturated rings. The predicted molar refractivity (Wildman–Crippen MR) is 192 cm³/mol. The molecular weight excluding hydrogens is 574 g/mol. The molecule has 0 bridgehead atoms. The van der Waals surface area contributed by atoms with Crippen LogP contribution >= 0.6 is 0 Å². The van der Waals surface area contributed by atoms with E-state index in [9.17, 15) is 0 Å². The number of furan rings is 1. The Balaban J connectivity index is 1.19.